The van der Waals surface area contributed by atoms with E-state index in [0.717, 1.165) is 12.8 Å². The minimum atomic E-state index is 0.174. The first-order valence-electron chi connectivity index (χ1n) is 7.20. The van der Waals surface area contributed by atoms with Crippen LogP contribution in [0.3, 0.4) is 0 Å². The molecule has 0 spiro atoms. The molecule has 1 unspecified atom stereocenters. The molecule has 0 aliphatic heterocycles. The molecule has 0 radical (unpaired) electrons. The lowest BCUT2D eigenvalue weighted by molar-refractivity contribution is 0.229. The third kappa shape index (κ3) is 3.50. The van der Waals surface area contributed by atoms with Crippen molar-refractivity contribution in [1.82, 2.24) is 24.7 Å². The highest BCUT2D eigenvalue weighted by molar-refractivity contribution is 6.28. The number of nitrogens with zero attached hydrogens (tertiary/aromatic N) is 5. The number of rotatable bonds is 3. The Morgan fingerprint density at radius 2 is 2.19 bits per heavy atom. The van der Waals surface area contributed by atoms with Gasteiger partial charge in [0.1, 0.15) is 0 Å². The van der Waals surface area contributed by atoms with Crippen molar-refractivity contribution in [3.63, 3.8) is 0 Å². The number of anilines is 1. The second kappa shape index (κ2) is 5.60. The molecule has 7 heteroatoms. The molecule has 2 aromatic heterocycles. The molecule has 1 aliphatic carbocycles. The predicted octanol–water partition coefficient (Wildman–Crippen LogP) is 3.09. The monoisotopic (exact) mass is 306 g/mol. The highest BCUT2D eigenvalue weighted by Gasteiger charge is 2.28. The number of hydrogen-bond donors (Lipinski definition) is 1. The normalized spacial score (nSPS) is 21.2. The number of hydrogen-bond acceptors (Lipinski definition) is 5. The van der Waals surface area contributed by atoms with Crippen LogP contribution in [0.2, 0.25) is 5.28 Å². The molecule has 112 valence electrons. The van der Waals surface area contributed by atoms with Crippen LogP contribution in [0.5, 0.6) is 0 Å². The molecule has 2 heterocycles. The maximum Gasteiger partial charge on any atom is 0.256 e. The van der Waals surface area contributed by atoms with Crippen molar-refractivity contribution < 1.29 is 0 Å². The van der Waals surface area contributed by atoms with Gasteiger partial charge in [0.2, 0.25) is 11.2 Å². The van der Waals surface area contributed by atoms with Gasteiger partial charge < -0.3 is 5.32 Å². The van der Waals surface area contributed by atoms with E-state index >= 15 is 0 Å². The van der Waals surface area contributed by atoms with Crippen LogP contribution >= 0.6 is 11.6 Å². The van der Waals surface area contributed by atoms with Crippen LogP contribution < -0.4 is 5.32 Å². The van der Waals surface area contributed by atoms with Crippen molar-refractivity contribution >= 4 is 17.5 Å². The van der Waals surface area contributed by atoms with Crippen molar-refractivity contribution in [2.75, 3.05) is 5.32 Å². The Hall–Kier alpha value is -1.69. The maximum absolute atomic E-state index is 6.00. The van der Waals surface area contributed by atoms with E-state index in [9.17, 15) is 0 Å². The van der Waals surface area contributed by atoms with E-state index in [0.29, 0.717) is 23.4 Å². The number of nitrogens with one attached hydrogen (secondary N) is 1. The van der Waals surface area contributed by atoms with E-state index in [1.807, 2.05) is 6.07 Å². The minimum absolute atomic E-state index is 0.174. The summed E-state index contributed by atoms with van der Waals surface area (Å²) >= 11 is 6.00. The summed E-state index contributed by atoms with van der Waals surface area (Å²) in [5.41, 5.74) is 0.359. The number of halogens is 1. The molecular formula is C14H19ClN6. The van der Waals surface area contributed by atoms with Crippen molar-refractivity contribution in [3.05, 3.63) is 23.7 Å². The molecule has 0 amide bonds. The first-order chi connectivity index (χ1) is 10.0. The van der Waals surface area contributed by atoms with Gasteiger partial charge in [-0.1, -0.05) is 20.3 Å². The van der Waals surface area contributed by atoms with Crippen LogP contribution in [0.4, 0.5) is 5.95 Å². The molecule has 3 rings (SSSR count). The fraction of sp³-hybridized carbons (Fsp3) is 0.571. The summed E-state index contributed by atoms with van der Waals surface area (Å²) in [5, 5.41) is 7.68. The van der Waals surface area contributed by atoms with Gasteiger partial charge in [0.15, 0.2) is 0 Å². The molecule has 1 N–H and O–H groups in total. The van der Waals surface area contributed by atoms with Gasteiger partial charge in [-0.3, -0.25) is 0 Å². The van der Waals surface area contributed by atoms with Gasteiger partial charge in [-0.25, -0.2) is 4.68 Å². The zero-order valence-corrected chi connectivity index (χ0v) is 13.0. The van der Waals surface area contributed by atoms with E-state index in [1.165, 1.54) is 12.8 Å². The van der Waals surface area contributed by atoms with E-state index in [2.05, 4.69) is 39.2 Å². The van der Waals surface area contributed by atoms with E-state index in [4.69, 9.17) is 11.6 Å². The minimum Gasteiger partial charge on any atom is -0.351 e. The van der Waals surface area contributed by atoms with Gasteiger partial charge in [0, 0.05) is 18.4 Å². The van der Waals surface area contributed by atoms with Crippen molar-refractivity contribution in [3.8, 4) is 5.95 Å². The van der Waals surface area contributed by atoms with E-state index in [-0.39, 0.29) is 5.28 Å². The molecule has 1 atom stereocenters. The van der Waals surface area contributed by atoms with Gasteiger partial charge in [0.25, 0.3) is 5.95 Å². The van der Waals surface area contributed by atoms with Gasteiger partial charge in [0.05, 0.1) is 0 Å². The quantitative estimate of drug-likeness (QED) is 0.943. The average molecular weight is 307 g/mol. The third-order valence-corrected chi connectivity index (χ3v) is 4.01. The van der Waals surface area contributed by atoms with E-state index < -0.39 is 0 Å². The molecule has 1 fully saturated rings. The number of aromatic nitrogens is 5. The van der Waals surface area contributed by atoms with Crippen LogP contribution in [0.1, 0.15) is 39.5 Å². The summed E-state index contributed by atoms with van der Waals surface area (Å²) in [6.07, 6.45) is 8.17. The second-order valence-electron chi connectivity index (χ2n) is 6.28. The molecule has 0 aromatic carbocycles. The maximum atomic E-state index is 6.00. The first-order valence-corrected chi connectivity index (χ1v) is 7.58. The van der Waals surface area contributed by atoms with Crippen LogP contribution in [0, 0.1) is 5.41 Å². The smallest absolute Gasteiger partial charge is 0.256 e. The summed E-state index contributed by atoms with van der Waals surface area (Å²) in [4.78, 5) is 12.7. The molecule has 1 aliphatic rings. The summed E-state index contributed by atoms with van der Waals surface area (Å²) in [6.45, 7) is 4.60. The van der Waals surface area contributed by atoms with Gasteiger partial charge in [-0.05, 0) is 42.3 Å². The van der Waals surface area contributed by atoms with Crippen molar-refractivity contribution in [2.24, 2.45) is 5.41 Å². The molecule has 21 heavy (non-hydrogen) atoms. The Balaban J connectivity index is 1.79. The zero-order chi connectivity index (χ0) is 14.9. The zero-order valence-electron chi connectivity index (χ0n) is 12.3. The van der Waals surface area contributed by atoms with Crippen LogP contribution in [0.25, 0.3) is 5.95 Å². The third-order valence-electron chi connectivity index (χ3n) is 3.84. The SMILES string of the molecule is CC1(C)CCCC(Nc2nc(Cl)nc(-n3cccn3)n2)C1. The van der Waals surface area contributed by atoms with Crippen molar-refractivity contribution in [1.29, 1.82) is 0 Å². The molecular weight excluding hydrogens is 288 g/mol. The van der Waals surface area contributed by atoms with E-state index in [1.54, 1.807) is 17.1 Å². The Bertz CT molecular complexity index is 610. The highest BCUT2D eigenvalue weighted by atomic mass is 35.5. The predicted molar refractivity (Wildman–Crippen MR) is 81.6 cm³/mol. The lowest BCUT2D eigenvalue weighted by Crippen LogP contribution is -2.32. The average Bonchev–Trinajstić information content (AvgIpc) is 2.90. The van der Waals surface area contributed by atoms with Gasteiger partial charge in [-0.15, -0.1) is 0 Å². The van der Waals surface area contributed by atoms with Gasteiger partial charge >= 0.3 is 0 Å². The van der Waals surface area contributed by atoms with Crippen LogP contribution in [0.15, 0.2) is 18.5 Å². The molecule has 0 bridgehead atoms. The Morgan fingerprint density at radius 3 is 2.90 bits per heavy atom. The Kier molecular flexibility index (Phi) is 3.80. The molecule has 2 aromatic rings. The van der Waals surface area contributed by atoms with Crippen LogP contribution in [-0.4, -0.2) is 30.8 Å². The largest absolute Gasteiger partial charge is 0.351 e. The fourth-order valence-corrected chi connectivity index (χ4v) is 3.05. The standard InChI is InChI=1S/C14H19ClN6/c1-14(2)6-3-5-10(9-14)17-12-18-11(15)19-13(20-12)21-8-4-7-16-21/h4,7-8,10H,3,5-6,9H2,1-2H3,(H,17,18,19,20). The summed E-state index contributed by atoms with van der Waals surface area (Å²) in [5.74, 6) is 0.945. The lowest BCUT2D eigenvalue weighted by atomic mass is 9.75. The van der Waals surface area contributed by atoms with Crippen molar-refractivity contribution in [2.45, 2.75) is 45.6 Å². The summed E-state index contributed by atoms with van der Waals surface area (Å²) < 4.78 is 1.57. The first kappa shape index (κ1) is 14.3. The summed E-state index contributed by atoms with van der Waals surface area (Å²) in [7, 11) is 0. The molecule has 6 nitrogen and oxygen atoms in total. The van der Waals surface area contributed by atoms with Crippen LogP contribution in [-0.2, 0) is 0 Å². The molecule has 1 saturated carbocycles. The molecule has 0 saturated heterocycles. The van der Waals surface area contributed by atoms with Gasteiger partial charge in [-0.2, -0.15) is 20.1 Å². The topological polar surface area (TPSA) is 68.5 Å². The Morgan fingerprint density at radius 1 is 1.33 bits per heavy atom. The lowest BCUT2D eigenvalue weighted by Gasteiger charge is -2.35. The highest BCUT2D eigenvalue weighted by Crippen LogP contribution is 2.36. The fourth-order valence-electron chi connectivity index (χ4n) is 2.90. The summed E-state index contributed by atoms with van der Waals surface area (Å²) in [6, 6.07) is 2.19. The second-order valence-corrected chi connectivity index (χ2v) is 6.62. The Labute approximate surface area is 129 Å².